The Bertz CT molecular complexity index is 1700. The standard InChI is InChI=1S/C34H50ClFN6O4Si/c1-20(2)26-27(23(13-15-37-26)14-16-45-47(11,12)34(8,9)10)42-30-24(17-25(36)28(35)38-30)29(39-31(42)43)40-18-22(4)41(19-21(40)3)32(44)46-33(5,6)7/h13,15,17,20-22H,14,16,18-19H2,1-12H3. The van der Waals surface area contributed by atoms with Crippen molar-refractivity contribution in [3.63, 3.8) is 0 Å². The van der Waals surface area contributed by atoms with Gasteiger partial charge in [0.15, 0.2) is 24.9 Å². The molecule has 47 heavy (non-hydrogen) atoms. The van der Waals surface area contributed by atoms with Crippen LogP contribution in [0.5, 0.6) is 0 Å². The number of nitrogens with zero attached hydrogens (tertiary/aromatic N) is 6. The molecular formula is C34H50ClFN6O4Si. The average molecular weight is 689 g/mol. The molecule has 0 radical (unpaired) electrons. The van der Waals surface area contributed by atoms with Crippen molar-refractivity contribution in [3.8, 4) is 5.69 Å². The summed E-state index contributed by atoms with van der Waals surface area (Å²) in [5.41, 5.74) is 1.04. The van der Waals surface area contributed by atoms with Crippen LogP contribution >= 0.6 is 11.6 Å². The molecule has 1 amide bonds. The highest BCUT2D eigenvalue weighted by molar-refractivity contribution is 6.74. The Morgan fingerprint density at radius 2 is 1.77 bits per heavy atom. The van der Waals surface area contributed by atoms with Gasteiger partial charge in [-0.25, -0.2) is 23.5 Å². The zero-order chi connectivity index (χ0) is 35.2. The van der Waals surface area contributed by atoms with Crippen LogP contribution in [-0.2, 0) is 15.6 Å². The minimum Gasteiger partial charge on any atom is -0.444 e. The van der Waals surface area contributed by atoms with Gasteiger partial charge < -0.3 is 19.0 Å². The first kappa shape index (κ1) is 36.7. The lowest BCUT2D eigenvalue weighted by Gasteiger charge is -2.44. The van der Waals surface area contributed by atoms with Crippen LogP contribution in [-0.4, -0.2) is 76.2 Å². The second kappa shape index (κ2) is 13.4. The molecule has 4 rings (SSSR count). The molecular weight excluding hydrogens is 639 g/mol. The number of halogens is 2. The summed E-state index contributed by atoms with van der Waals surface area (Å²) in [6, 6.07) is 2.62. The maximum atomic E-state index is 15.2. The second-order valence-electron chi connectivity index (χ2n) is 15.4. The third-order valence-corrected chi connectivity index (χ3v) is 13.9. The molecule has 0 saturated carbocycles. The van der Waals surface area contributed by atoms with Gasteiger partial charge in [0, 0.05) is 38.0 Å². The largest absolute Gasteiger partial charge is 0.444 e. The average Bonchev–Trinajstić information content (AvgIpc) is 2.93. The van der Waals surface area contributed by atoms with E-state index in [2.05, 4.69) is 48.8 Å². The van der Waals surface area contributed by atoms with Gasteiger partial charge >= 0.3 is 11.8 Å². The van der Waals surface area contributed by atoms with Gasteiger partial charge in [-0.05, 0) is 82.8 Å². The van der Waals surface area contributed by atoms with Crippen LogP contribution in [0.25, 0.3) is 16.7 Å². The van der Waals surface area contributed by atoms with Crippen molar-refractivity contribution >= 4 is 42.9 Å². The fourth-order valence-electron chi connectivity index (χ4n) is 5.53. The third-order valence-electron chi connectivity index (χ3n) is 9.09. The lowest BCUT2D eigenvalue weighted by Crippen LogP contribution is -2.59. The molecule has 0 aromatic carbocycles. The smallest absolute Gasteiger partial charge is 0.410 e. The van der Waals surface area contributed by atoms with E-state index in [4.69, 9.17) is 20.8 Å². The summed E-state index contributed by atoms with van der Waals surface area (Å²) in [4.78, 5) is 44.5. The van der Waals surface area contributed by atoms with E-state index in [1.165, 1.54) is 10.6 Å². The number of amides is 1. The molecule has 13 heteroatoms. The van der Waals surface area contributed by atoms with Crippen molar-refractivity contribution in [2.45, 2.75) is 117 Å². The Morgan fingerprint density at radius 1 is 1.11 bits per heavy atom. The van der Waals surface area contributed by atoms with E-state index in [-0.39, 0.29) is 39.7 Å². The molecule has 1 saturated heterocycles. The summed E-state index contributed by atoms with van der Waals surface area (Å²) in [5, 5.41) is 0.0250. The van der Waals surface area contributed by atoms with E-state index < -0.39 is 31.5 Å². The number of hydrogen-bond acceptors (Lipinski definition) is 8. The Labute approximate surface area is 283 Å². The number of rotatable bonds is 7. The number of piperazine rings is 1. The van der Waals surface area contributed by atoms with E-state index >= 15 is 4.39 Å². The van der Waals surface area contributed by atoms with Crippen molar-refractivity contribution in [1.82, 2.24) is 24.4 Å². The first-order valence-electron chi connectivity index (χ1n) is 16.3. The SMILES string of the molecule is CC(C)c1nccc(CCO[Si](C)(C)C(C)(C)C)c1-n1c(=O)nc(N2CC(C)N(C(=O)OC(C)(C)C)CC2C)c2cc(F)c(Cl)nc21. The third kappa shape index (κ3) is 7.81. The minimum absolute atomic E-state index is 0.0435. The number of fused-ring (bicyclic) bond motifs is 1. The van der Waals surface area contributed by atoms with E-state index in [1.807, 2.05) is 59.4 Å². The number of anilines is 1. The number of carbonyl (C=O) groups is 1. The van der Waals surface area contributed by atoms with E-state index in [0.717, 1.165) is 5.56 Å². The lowest BCUT2D eigenvalue weighted by atomic mass is 10.0. The summed E-state index contributed by atoms with van der Waals surface area (Å²) < 4.78 is 28.7. The molecule has 10 nitrogen and oxygen atoms in total. The Hall–Kier alpha value is -3.09. The van der Waals surface area contributed by atoms with Crippen molar-refractivity contribution in [3.05, 3.63) is 51.0 Å². The van der Waals surface area contributed by atoms with Gasteiger partial charge in [0.25, 0.3) is 0 Å². The fraction of sp³-hybridized carbons (Fsp3) is 0.618. The molecule has 0 bridgehead atoms. The second-order valence-corrected chi connectivity index (χ2v) is 20.6. The van der Waals surface area contributed by atoms with Crippen molar-refractivity contribution in [1.29, 1.82) is 0 Å². The van der Waals surface area contributed by atoms with Gasteiger partial charge in [-0.2, -0.15) is 4.98 Å². The van der Waals surface area contributed by atoms with Gasteiger partial charge in [-0.15, -0.1) is 0 Å². The quantitative estimate of drug-likeness (QED) is 0.186. The number of ether oxygens (including phenoxy) is 1. The Morgan fingerprint density at radius 3 is 2.36 bits per heavy atom. The van der Waals surface area contributed by atoms with Crippen molar-refractivity contribution in [2.75, 3.05) is 24.6 Å². The van der Waals surface area contributed by atoms with Gasteiger partial charge in [-0.1, -0.05) is 46.2 Å². The van der Waals surface area contributed by atoms with Crippen LogP contribution in [0.3, 0.4) is 0 Å². The summed E-state index contributed by atoms with van der Waals surface area (Å²) in [6.45, 7) is 25.4. The highest BCUT2D eigenvalue weighted by atomic mass is 35.5. The molecule has 2 unspecified atom stereocenters. The zero-order valence-corrected chi connectivity index (χ0v) is 31.6. The highest BCUT2D eigenvalue weighted by Gasteiger charge is 2.38. The summed E-state index contributed by atoms with van der Waals surface area (Å²) >= 11 is 6.29. The maximum Gasteiger partial charge on any atom is 0.410 e. The Balaban J connectivity index is 1.85. The van der Waals surface area contributed by atoms with Crippen molar-refractivity contribution < 1.29 is 18.3 Å². The molecule has 0 aliphatic carbocycles. The molecule has 258 valence electrons. The monoisotopic (exact) mass is 688 g/mol. The first-order chi connectivity index (χ1) is 21.6. The highest BCUT2D eigenvalue weighted by Crippen LogP contribution is 2.37. The van der Waals surface area contributed by atoms with Gasteiger partial charge in [-0.3, -0.25) is 4.98 Å². The summed E-state index contributed by atoms with van der Waals surface area (Å²) in [7, 11) is -2.03. The summed E-state index contributed by atoms with van der Waals surface area (Å²) in [5.74, 6) is -0.491. The summed E-state index contributed by atoms with van der Waals surface area (Å²) in [6.07, 6.45) is 1.85. The van der Waals surface area contributed by atoms with Crippen molar-refractivity contribution in [2.24, 2.45) is 0 Å². The molecule has 3 aromatic heterocycles. The number of hydrogen-bond donors (Lipinski definition) is 0. The number of carbonyl (C=O) groups excluding carboxylic acids is 1. The minimum atomic E-state index is -2.03. The van der Waals surface area contributed by atoms with E-state index in [9.17, 15) is 9.59 Å². The zero-order valence-electron chi connectivity index (χ0n) is 29.9. The molecule has 3 aromatic rings. The molecule has 0 spiro atoms. The van der Waals surface area contributed by atoms with E-state index in [0.29, 0.717) is 42.9 Å². The van der Waals surface area contributed by atoms with Gasteiger partial charge in [0.05, 0.1) is 16.8 Å². The topological polar surface area (TPSA) is 103 Å². The fourth-order valence-corrected chi connectivity index (χ4v) is 6.71. The van der Waals surface area contributed by atoms with Crippen LogP contribution in [0.2, 0.25) is 23.3 Å². The predicted molar refractivity (Wildman–Crippen MR) is 188 cm³/mol. The number of aromatic nitrogens is 4. The molecule has 4 heterocycles. The van der Waals surface area contributed by atoms with Gasteiger partial charge in [0.2, 0.25) is 0 Å². The molecule has 1 aliphatic heterocycles. The molecule has 1 fully saturated rings. The molecule has 1 aliphatic rings. The van der Waals surface area contributed by atoms with Crippen LogP contribution in [0, 0.1) is 5.82 Å². The van der Waals surface area contributed by atoms with Crippen LogP contribution in [0.15, 0.2) is 23.1 Å². The van der Waals surface area contributed by atoms with Crippen LogP contribution in [0.1, 0.15) is 86.4 Å². The lowest BCUT2D eigenvalue weighted by molar-refractivity contribution is 0.0130. The normalized spacial score (nSPS) is 17.9. The van der Waals surface area contributed by atoms with Crippen LogP contribution < -0.4 is 10.6 Å². The molecule has 0 N–H and O–H groups in total. The maximum absolute atomic E-state index is 15.2. The first-order valence-corrected chi connectivity index (χ1v) is 19.6. The number of pyridine rings is 2. The Kier molecular flexibility index (Phi) is 10.5. The predicted octanol–water partition coefficient (Wildman–Crippen LogP) is 7.49. The molecule has 2 atom stereocenters. The van der Waals surface area contributed by atoms with E-state index in [1.54, 1.807) is 11.1 Å². The van der Waals surface area contributed by atoms with Gasteiger partial charge in [0.1, 0.15) is 11.4 Å². The van der Waals surface area contributed by atoms with Crippen LogP contribution in [0.4, 0.5) is 15.0 Å².